The summed E-state index contributed by atoms with van der Waals surface area (Å²) in [7, 11) is 4.92. The van der Waals surface area contributed by atoms with E-state index in [0.29, 0.717) is 6.54 Å². The number of likely N-dealkylation sites (N-methyl/N-ethyl adjacent to an activating group) is 1. The van der Waals surface area contributed by atoms with Crippen LogP contribution in [0.15, 0.2) is 60.7 Å². The Kier molecular flexibility index (Phi) is 8.43. The fourth-order valence-corrected chi connectivity index (χ4v) is 2.72. The van der Waals surface area contributed by atoms with Crippen molar-refractivity contribution in [2.75, 3.05) is 27.8 Å². The second-order valence-electron chi connectivity index (χ2n) is 7.65. The average molecular weight is 423 g/mol. The van der Waals surface area contributed by atoms with Crippen LogP contribution in [0.5, 0.6) is 11.5 Å². The Bertz CT molecular complexity index is 963. The van der Waals surface area contributed by atoms with Crippen LogP contribution in [0.25, 0.3) is 12.2 Å². The minimum Gasteiger partial charge on any atom is -0.497 e. The molecule has 0 aromatic heterocycles. The maximum atomic E-state index is 12.6. The lowest BCUT2D eigenvalue weighted by molar-refractivity contribution is -0.130. The fourth-order valence-electron chi connectivity index (χ4n) is 2.72. The van der Waals surface area contributed by atoms with Gasteiger partial charge in [-0.25, -0.2) is 0 Å². The first-order valence-electron chi connectivity index (χ1n) is 9.95. The second-order valence-corrected chi connectivity index (χ2v) is 7.65. The van der Waals surface area contributed by atoms with Crippen molar-refractivity contribution in [3.8, 4) is 11.5 Å². The van der Waals surface area contributed by atoms with Gasteiger partial charge < -0.3 is 19.7 Å². The van der Waals surface area contributed by atoms with E-state index in [-0.39, 0.29) is 11.8 Å². The van der Waals surface area contributed by atoms with Crippen LogP contribution in [-0.2, 0) is 9.59 Å². The van der Waals surface area contributed by atoms with Crippen LogP contribution in [0.2, 0.25) is 0 Å². The van der Waals surface area contributed by atoms with Crippen LogP contribution in [0.4, 0.5) is 0 Å². The maximum Gasteiger partial charge on any atom is 0.246 e. The first-order chi connectivity index (χ1) is 14.7. The lowest BCUT2D eigenvalue weighted by Crippen LogP contribution is -2.51. The highest BCUT2D eigenvalue weighted by molar-refractivity contribution is 5.93. The number of benzene rings is 2. The Balaban J connectivity index is 1.92. The van der Waals surface area contributed by atoms with Gasteiger partial charge in [-0.1, -0.05) is 24.3 Å². The van der Waals surface area contributed by atoms with Crippen molar-refractivity contribution in [2.24, 2.45) is 0 Å². The molecule has 0 radical (unpaired) electrons. The number of hydrogen-bond donors (Lipinski definition) is 1. The molecule has 0 fully saturated rings. The van der Waals surface area contributed by atoms with E-state index < -0.39 is 5.54 Å². The standard InChI is InChI=1S/C25H30N2O4/c1-25(2,18-26-23(28)14-12-19-8-6-10-21(16-19)30-4)27(3)24(29)15-13-20-9-7-11-22(17-20)31-5/h6-17H,18H2,1-5H3,(H,26,28)/b14-12+,15-13+. The van der Waals surface area contributed by atoms with E-state index in [1.54, 1.807) is 38.3 Å². The normalized spacial score (nSPS) is 11.5. The van der Waals surface area contributed by atoms with E-state index in [4.69, 9.17) is 9.47 Å². The number of methoxy groups -OCH3 is 2. The van der Waals surface area contributed by atoms with Gasteiger partial charge in [0.05, 0.1) is 19.8 Å². The van der Waals surface area contributed by atoms with Gasteiger partial charge in [0, 0.05) is 25.7 Å². The molecule has 2 rings (SSSR count). The molecular weight excluding hydrogens is 392 g/mol. The molecule has 31 heavy (non-hydrogen) atoms. The smallest absolute Gasteiger partial charge is 0.246 e. The molecule has 0 heterocycles. The summed E-state index contributed by atoms with van der Waals surface area (Å²) < 4.78 is 10.4. The molecule has 6 nitrogen and oxygen atoms in total. The summed E-state index contributed by atoms with van der Waals surface area (Å²) in [5, 5.41) is 2.85. The van der Waals surface area contributed by atoms with Gasteiger partial charge in [-0.3, -0.25) is 9.59 Å². The van der Waals surface area contributed by atoms with E-state index in [9.17, 15) is 9.59 Å². The number of rotatable bonds is 9. The topological polar surface area (TPSA) is 67.9 Å². The van der Waals surface area contributed by atoms with Crippen molar-refractivity contribution in [1.29, 1.82) is 0 Å². The molecule has 0 saturated heterocycles. The number of nitrogens with one attached hydrogen (secondary N) is 1. The van der Waals surface area contributed by atoms with Gasteiger partial charge in [-0.05, 0) is 61.4 Å². The van der Waals surface area contributed by atoms with Crippen molar-refractivity contribution in [3.63, 3.8) is 0 Å². The van der Waals surface area contributed by atoms with Crippen LogP contribution in [0, 0.1) is 0 Å². The Labute approximate surface area is 184 Å². The second kappa shape index (κ2) is 11.0. The molecule has 0 spiro atoms. The molecule has 164 valence electrons. The van der Waals surface area contributed by atoms with Crippen LogP contribution in [0.3, 0.4) is 0 Å². The van der Waals surface area contributed by atoms with Crippen molar-refractivity contribution < 1.29 is 19.1 Å². The van der Waals surface area contributed by atoms with Crippen LogP contribution < -0.4 is 14.8 Å². The average Bonchev–Trinajstić information content (AvgIpc) is 2.79. The zero-order valence-electron chi connectivity index (χ0n) is 18.7. The summed E-state index contributed by atoms with van der Waals surface area (Å²) in [6.07, 6.45) is 6.44. The Hall–Kier alpha value is -3.54. The first kappa shape index (κ1) is 23.7. The van der Waals surface area contributed by atoms with Crippen LogP contribution in [-0.4, -0.2) is 50.1 Å². The third-order valence-corrected chi connectivity index (χ3v) is 4.97. The summed E-state index contributed by atoms with van der Waals surface area (Å²) >= 11 is 0. The van der Waals surface area contributed by atoms with Gasteiger partial charge in [0.25, 0.3) is 0 Å². The predicted molar refractivity (Wildman–Crippen MR) is 124 cm³/mol. The monoisotopic (exact) mass is 422 g/mol. The highest BCUT2D eigenvalue weighted by atomic mass is 16.5. The predicted octanol–water partition coefficient (Wildman–Crippen LogP) is 3.78. The first-order valence-corrected chi connectivity index (χ1v) is 9.95. The van der Waals surface area contributed by atoms with E-state index in [1.807, 2.05) is 62.4 Å². The molecule has 0 aliphatic carbocycles. The number of amides is 2. The maximum absolute atomic E-state index is 12.6. The number of ether oxygens (including phenoxy) is 2. The molecule has 0 atom stereocenters. The summed E-state index contributed by atoms with van der Waals surface area (Å²) in [4.78, 5) is 26.4. The van der Waals surface area contributed by atoms with Crippen molar-refractivity contribution >= 4 is 24.0 Å². The van der Waals surface area contributed by atoms with Gasteiger partial charge >= 0.3 is 0 Å². The molecule has 0 bridgehead atoms. The third kappa shape index (κ3) is 7.33. The van der Waals surface area contributed by atoms with Crippen molar-refractivity contribution in [2.45, 2.75) is 19.4 Å². The van der Waals surface area contributed by atoms with E-state index in [1.165, 1.54) is 12.2 Å². The van der Waals surface area contributed by atoms with Crippen molar-refractivity contribution in [1.82, 2.24) is 10.2 Å². The Morgan fingerprint density at radius 1 is 0.935 bits per heavy atom. The zero-order chi connectivity index (χ0) is 22.9. The molecule has 2 amide bonds. The lowest BCUT2D eigenvalue weighted by Gasteiger charge is -2.35. The number of nitrogens with zero attached hydrogens (tertiary/aromatic N) is 1. The highest BCUT2D eigenvalue weighted by Crippen LogP contribution is 2.16. The highest BCUT2D eigenvalue weighted by Gasteiger charge is 2.26. The summed E-state index contributed by atoms with van der Waals surface area (Å²) in [6.45, 7) is 4.11. The van der Waals surface area contributed by atoms with E-state index >= 15 is 0 Å². The quantitative estimate of drug-likeness (QED) is 0.625. The van der Waals surface area contributed by atoms with Gasteiger partial charge in [-0.15, -0.1) is 0 Å². The molecular formula is C25H30N2O4. The minimum atomic E-state index is -0.574. The largest absolute Gasteiger partial charge is 0.497 e. The van der Waals surface area contributed by atoms with Gasteiger partial charge in [0.2, 0.25) is 11.8 Å². The molecule has 6 heteroatoms. The Morgan fingerprint density at radius 2 is 1.45 bits per heavy atom. The minimum absolute atomic E-state index is 0.158. The molecule has 0 unspecified atom stereocenters. The molecule has 1 N–H and O–H groups in total. The zero-order valence-corrected chi connectivity index (χ0v) is 18.7. The van der Waals surface area contributed by atoms with Gasteiger partial charge in [0.15, 0.2) is 0 Å². The van der Waals surface area contributed by atoms with Gasteiger partial charge in [-0.2, -0.15) is 0 Å². The number of carbonyl (C=O) groups excluding carboxylic acids is 2. The third-order valence-electron chi connectivity index (χ3n) is 4.97. The molecule has 2 aromatic rings. The van der Waals surface area contributed by atoms with Crippen molar-refractivity contribution in [3.05, 3.63) is 71.8 Å². The summed E-state index contributed by atoms with van der Waals surface area (Å²) in [6, 6.07) is 14.9. The summed E-state index contributed by atoms with van der Waals surface area (Å²) in [5.41, 5.74) is 1.16. The number of hydrogen-bond acceptors (Lipinski definition) is 4. The fraction of sp³-hybridized carbons (Fsp3) is 0.280. The van der Waals surface area contributed by atoms with E-state index in [0.717, 1.165) is 22.6 Å². The van der Waals surface area contributed by atoms with Gasteiger partial charge in [0.1, 0.15) is 11.5 Å². The SMILES string of the molecule is COc1cccc(/C=C/C(=O)NCC(C)(C)N(C)C(=O)/C=C/c2cccc(OC)c2)c1. The molecule has 0 aliphatic heterocycles. The molecule has 0 aliphatic rings. The summed E-state index contributed by atoms with van der Waals surface area (Å²) in [5.74, 6) is 1.07. The molecule has 0 saturated carbocycles. The molecule has 2 aromatic carbocycles. The van der Waals surface area contributed by atoms with Crippen LogP contribution in [0.1, 0.15) is 25.0 Å². The van der Waals surface area contributed by atoms with Crippen LogP contribution >= 0.6 is 0 Å². The number of carbonyl (C=O) groups is 2. The Morgan fingerprint density at radius 3 is 1.97 bits per heavy atom. The van der Waals surface area contributed by atoms with E-state index in [2.05, 4.69) is 5.32 Å². The lowest BCUT2D eigenvalue weighted by atomic mass is 10.0.